The molecule has 1 aliphatic heterocycles. The Balaban J connectivity index is 1.81. The fourth-order valence-corrected chi connectivity index (χ4v) is 4.19. The average Bonchev–Trinajstić information content (AvgIpc) is 3.06. The van der Waals surface area contributed by atoms with Crippen LogP contribution in [0.3, 0.4) is 0 Å². The molecule has 6 heteroatoms. The standard InChI is InChI=1S/C18H14Cl2N2O2/c19-15-6-2-5-13(17(15)20)18-12-4-1-3-11(12)14-9-10(22(23)24)7-8-16(14)21-18/h1-3,5-9,11-12,18,21H,4H2/t11-,12-,18+/m0/s1. The lowest BCUT2D eigenvalue weighted by atomic mass is 9.77. The lowest BCUT2D eigenvalue weighted by Gasteiger charge is -2.37. The quantitative estimate of drug-likeness (QED) is 0.422. The van der Waals surface area contributed by atoms with Gasteiger partial charge in [-0.3, -0.25) is 10.1 Å². The summed E-state index contributed by atoms with van der Waals surface area (Å²) in [5.74, 6) is 0.400. The molecule has 4 nitrogen and oxygen atoms in total. The molecule has 1 aliphatic carbocycles. The molecular formula is C18H14Cl2N2O2. The van der Waals surface area contributed by atoms with Crippen LogP contribution in [0.1, 0.15) is 29.5 Å². The Labute approximate surface area is 149 Å². The van der Waals surface area contributed by atoms with Crippen LogP contribution in [0, 0.1) is 16.0 Å². The Hall–Kier alpha value is -2.04. The third-order valence-electron chi connectivity index (χ3n) is 4.87. The average molecular weight is 361 g/mol. The van der Waals surface area contributed by atoms with E-state index in [1.54, 1.807) is 18.2 Å². The molecule has 2 aliphatic rings. The minimum Gasteiger partial charge on any atom is -0.378 e. The van der Waals surface area contributed by atoms with E-state index in [2.05, 4.69) is 17.5 Å². The van der Waals surface area contributed by atoms with Gasteiger partial charge in [-0.05, 0) is 35.6 Å². The number of nitro benzene ring substituents is 1. The number of nitrogens with one attached hydrogen (secondary N) is 1. The Morgan fingerprint density at radius 3 is 2.79 bits per heavy atom. The Morgan fingerprint density at radius 1 is 1.17 bits per heavy atom. The van der Waals surface area contributed by atoms with Crippen molar-refractivity contribution < 1.29 is 4.92 Å². The zero-order valence-electron chi connectivity index (χ0n) is 12.6. The van der Waals surface area contributed by atoms with Gasteiger partial charge in [-0.15, -0.1) is 0 Å². The molecule has 122 valence electrons. The van der Waals surface area contributed by atoms with Crippen molar-refractivity contribution in [2.45, 2.75) is 18.4 Å². The number of halogens is 2. The molecule has 0 spiro atoms. The molecule has 0 amide bonds. The normalized spacial score (nSPS) is 24.2. The predicted octanol–water partition coefficient (Wildman–Crippen LogP) is 5.73. The zero-order valence-corrected chi connectivity index (χ0v) is 14.1. The van der Waals surface area contributed by atoms with Gasteiger partial charge >= 0.3 is 0 Å². The topological polar surface area (TPSA) is 55.2 Å². The van der Waals surface area contributed by atoms with Crippen LogP contribution in [0.25, 0.3) is 0 Å². The van der Waals surface area contributed by atoms with Crippen LogP contribution in [-0.2, 0) is 0 Å². The number of rotatable bonds is 2. The molecule has 2 aromatic carbocycles. The van der Waals surface area contributed by atoms with Gasteiger partial charge in [-0.25, -0.2) is 0 Å². The van der Waals surface area contributed by atoms with E-state index in [4.69, 9.17) is 23.2 Å². The van der Waals surface area contributed by atoms with Crippen LogP contribution in [0.15, 0.2) is 48.6 Å². The monoisotopic (exact) mass is 360 g/mol. The highest BCUT2D eigenvalue weighted by molar-refractivity contribution is 6.42. The summed E-state index contributed by atoms with van der Waals surface area (Å²) >= 11 is 12.6. The molecule has 0 unspecified atom stereocenters. The van der Waals surface area contributed by atoms with Gasteiger partial charge in [-0.2, -0.15) is 0 Å². The maximum absolute atomic E-state index is 11.1. The fourth-order valence-electron chi connectivity index (χ4n) is 3.76. The summed E-state index contributed by atoms with van der Waals surface area (Å²) < 4.78 is 0. The van der Waals surface area contributed by atoms with Crippen molar-refractivity contribution in [2.24, 2.45) is 5.92 Å². The summed E-state index contributed by atoms with van der Waals surface area (Å²) in [6, 6.07) is 10.7. The van der Waals surface area contributed by atoms with Crippen LogP contribution in [0.4, 0.5) is 11.4 Å². The van der Waals surface area contributed by atoms with Gasteiger partial charge < -0.3 is 5.32 Å². The third kappa shape index (κ3) is 2.38. The van der Waals surface area contributed by atoms with E-state index < -0.39 is 0 Å². The van der Waals surface area contributed by atoms with E-state index >= 15 is 0 Å². The van der Waals surface area contributed by atoms with Crippen LogP contribution >= 0.6 is 23.2 Å². The van der Waals surface area contributed by atoms with Gasteiger partial charge in [-0.1, -0.05) is 47.5 Å². The summed E-state index contributed by atoms with van der Waals surface area (Å²) in [5.41, 5.74) is 2.97. The number of hydrogen-bond acceptors (Lipinski definition) is 3. The second-order valence-electron chi connectivity index (χ2n) is 6.15. The second kappa shape index (κ2) is 5.80. The molecule has 3 atom stereocenters. The van der Waals surface area contributed by atoms with E-state index in [1.807, 2.05) is 12.1 Å². The summed E-state index contributed by atoms with van der Waals surface area (Å²) in [6.07, 6.45) is 5.17. The molecule has 0 aromatic heterocycles. The molecule has 0 saturated carbocycles. The maximum Gasteiger partial charge on any atom is 0.269 e. The molecule has 0 fully saturated rings. The number of nitrogens with zero attached hydrogens (tertiary/aromatic N) is 1. The zero-order chi connectivity index (χ0) is 16.8. The molecule has 0 saturated heterocycles. The third-order valence-corrected chi connectivity index (χ3v) is 5.71. The molecule has 0 bridgehead atoms. The molecule has 4 rings (SSSR count). The van der Waals surface area contributed by atoms with E-state index in [-0.39, 0.29) is 28.5 Å². The van der Waals surface area contributed by atoms with Crippen molar-refractivity contribution in [1.82, 2.24) is 0 Å². The fraction of sp³-hybridized carbons (Fsp3) is 0.222. The van der Waals surface area contributed by atoms with Crippen molar-refractivity contribution >= 4 is 34.6 Å². The van der Waals surface area contributed by atoms with Gasteiger partial charge in [0, 0.05) is 23.7 Å². The first kappa shape index (κ1) is 15.5. The van der Waals surface area contributed by atoms with E-state index in [9.17, 15) is 10.1 Å². The number of nitro groups is 1. The van der Waals surface area contributed by atoms with Gasteiger partial charge in [0.2, 0.25) is 0 Å². The Kier molecular flexibility index (Phi) is 3.74. The van der Waals surface area contributed by atoms with Gasteiger partial charge in [0.05, 0.1) is 21.0 Å². The highest BCUT2D eigenvalue weighted by Gasteiger charge is 2.39. The Bertz CT molecular complexity index is 866. The highest BCUT2D eigenvalue weighted by atomic mass is 35.5. The van der Waals surface area contributed by atoms with Gasteiger partial charge in [0.25, 0.3) is 5.69 Å². The van der Waals surface area contributed by atoms with E-state index in [1.165, 1.54) is 6.07 Å². The van der Waals surface area contributed by atoms with Crippen molar-refractivity contribution in [2.75, 3.05) is 5.32 Å². The largest absolute Gasteiger partial charge is 0.378 e. The van der Waals surface area contributed by atoms with E-state index in [0.717, 1.165) is 23.2 Å². The van der Waals surface area contributed by atoms with Crippen molar-refractivity contribution in [3.8, 4) is 0 Å². The molecule has 2 aromatic rings. The van der Waals surface area contributed by atoms with Crippen LogP contribution in [0.5, 0.6) is 0 Å². The van der Waals surface area contributed by atoms with Crippen molar-refractivity contribution in [3.63, 3.8) is 0 Å². The lowest BCUT2D eigenvalue weighted by molar-refractivity contribution is -0.384. The molecular weight excluding hydrogens is 347 g/mol. The maximum atomic E-state index is 11.1. The molecule has 1 N–H and O–H groups in total. The minimum atomic E-state index is -0.353. The second-order valence-corrected chi connectivity index (χ2v) is 6.93. The number of benzene rings is 2. The minimum absolute atomic E-state index is 0.0187. The van der Waals surface area contributed by atoms with Crippen LogP contribution in [0.2, 0.25) is 10.0 Å². The molecule has 24 heavy (non-hydrogen) atoms. The summed E-state index contributed by atoms with van der Waals surface area (Å²) in [6.45, 7) is 0. The van der Waals surface area contributed by atoms with Gasteiger partial charge in [0.15, 0.2) is 0 Å². The number of anilines is 1. The summed E-state index contributed by atoms with van der Waals surface area (Å²) in [5, 5.41) is 15.7. The van der Waals surface area contributed by atoms with Gasteiger partial charge in [0.1, 0.15) is 0 Å². The van der Waals surface area contributed by atoms with Crippen LogP contribution in [-0.4, -0.2) is 4.92 Å². The summed E-state index contributed by atoms with van der Waals surface area (Å²) in [4.78, 5) is 10.7. The predicted molar refractivity (Wildman–Crippen MR) is 95.9 cm³/mol. The first-order chi connectivity index (χ1) is 11.6. The molecule has 1 heterocycles. The van der Waals surface area contributed by atoms with Crippen LogP contribution < -0.4 is 5.32 Å². The number of hydrogen-bond donors (Lipinski definition) is 1. The van der Waals surface area contributed by atoms with Crippen molar-refractivity contribution in [3.05, 3.63) is 79.8 Å². The van der Waals surface area contributed by atoms with E-state index in [0.29, 0.717) is 10.0 Å². The van der Waals surface area contributed by atoms with Crippen molar-refractivity contribution in [1.29, 1.82) is 0 Å². The number of allylic oxidation sites excluding steroid dienone is 2. The highest BCUT2D eigenvalue weighted by Crippen LogP contribution is 2.51. The Morgan fingerprint density at radius 2 is 2.00 bits per heavy atom. The lowest BCUT2D eigenvalue weighted by Crippen LogP contribution is -2.29. The SMILES string of the molecule is O=[N+]([O-])c1ccc2c(c1)[C@H]1C=CC[C@@H]1[C@H](c1cccc(Cl)c1Cl)N2. The smallest absolute Gasteiger partial charge is 0.269 e. The summed E-state index contributed by atoms with van der Waals surface area (Å²) in [7, 11) is 0. The first-order valence-corrected chi connectivity index (χ1v) is 8.47. The first-order valence-electron chi connectivity index (χ1n) is 7.71. The molecule has 0 radical (unpaired) electrons. The number of non-ortho nitro benzene ring substituents is 1. The number of fused-ring (bicyclic) bond motifs is 3.